The third-order valence-electron chi connectivity index (χ3n) is 3.04. The van der Waals surface area contributed by atoms with Crippen molar-refractivity contribution >= 4 is 16.8 Å². The van der Waals surface area contributed by atoms with Gasteiger partial charge >= 0.3 is 0 Å². The van der Waals surface area contributed by atoms with E-state index in [1.165, 1.54) is 0 Å². The number of hydrogen-bond donors (Lipinski definition) is 4. The van der Waals surface area contributed by atoms with E-state index in [4.69, 9.17) is 5.73 Å². The molecule has 0 aliphatic carbocycles. The van der Waals surface area contributed by atoms with Crippen molar-refractivity contribution in [2.24, 2.45) is 5.73 Å². The van der Waals surface area contributed by atoms with E-state index < -0.39 is 6.04 Å². The Balaban J connectivity index is 2.26. The van der Waals surface area contributed by atoms with E-state index in [0.717, 1.165) is 22.2 Å². The van der Waals surface area contributed by atoms with E-state index in [9.17, 15) is 4.79 Å². The van der Waals surface area contributed by atoms with E-state index in [1.54, 1.807) is 7.05 Å². The standard InChI is InChI=1S/C13H18N4O/c1-8-10(7-11(14)13(18)17-15-2)9-5-3-4-6-12(9)16-8/h3-6,11,15-16H,7,14H2,1-2H3,(H,17,18). The predicted molar refractivity (Wildman–Crippen MR) is 71.9 cm³/mol. The van der Waals surface area contributed by atoms with Gasteiger partial charge in [0.05, 0.1) is 6.04 Å². The number of carbonyl (C=O) groups excluding carboxylic acids is 1. The van der Waals surface area contributed by atoms with E-state index in [-0.39, 0.29) is 5.91 Å². The normalized spacial score (nSPS) is 12.6. The van der Waals surface area contributed by atoms with Gasteiger partial charge < -0.3 is 10.7 Å². The highest BCUT2D eigenvalue weighted by Crippen LogP contribution is 2.22. The van der Waals surface area contributed by atoms with Crippen molar-refractivity contribution < 1.29 is 4.79 Å². The van der Waals surface area contributed by atoms with Crippen LogP contribution in [0, 0.1) is 6.92 Å². The molecular weight excluding hydrogens is 228 g/mol. The average molecular weight is 246 g/mol. The number of benzene rings is 1. The molecule has 0 fully saturated rings. The SMILES string of the molecule is CNNC(=O)C(N)Cc1c(C)[nH]c2ccccc12. The third-order valence-corrected chi connectivity index (χ3v) is 3.04. The highest BCUT2D eigenvalue weighted by Gasteiger charge is 2.17. The lowest BCUT2D eigenvalue weighted by Gasteiger charge is -2.11. The molecular formula is C13H18N4O. The van der Waals surface area contributed by atoms with E-state index in [1.807, 2.05) is 31.2 Å². The Labute approximate surface area is 106 Å². The summed E-state index contributed by atoms with van der Waals surface area (Å²) in [6, 6.07) is 7.46. The molecule has 1 heterocycles. The summed E-state index contributed by atoms with van der Waals surface area (Å²) in [4.78, 5) is 14.9. The molecule has 5 N–H and O–H groups in total. The Bertz CT molecular complexity index is 561. The number of carbonyl (C=O) groups is 1. The van der Waals surface area contributed by atoms with Crippen molar-refractivity contribution in [2.75, 3.05) is 7.05 Å². The molecule has 96 valence electrons. The lowest BCUT2D eigenvalue weighted by molar-refractivity contribution is -0.123. The van der Waals surface area contributed by atoms with Crippen LogP contribution in [-0.4, -0.2) is 24.0 Å². The van der Waals surface area contributed by atoms with Gasteiger partial charge in [0.2, 0.25) is 0 Å². The maximum atomic E-state index is 11.6. The first-order valence-corrected chi connectivity index (χ1v) is 5.92. The molecule has 0 saturated heterocycles. The fourth-order valence-corrected chi connectivity index (χ4v) is 2.13. The maximum absolute atomic E-state index is 11.6. The molecule has 1 aromatic heterocycles. The minimum absolute atomic E-state index is 0.206. The van der Waals surface area contributed by atoms with E-state index in [2.05, 4.69) is 15.8 Å². The molecule has 0 aliphatic heterocycles. The quantitative estimate of drug-likeness (QED) is 0.596. The Kier molecular flexibility index (Phi) is 3.64. The van der Waals surface area contributed by atoms with Gasteiger partial charge in [-0.3, -0.25) is 10.2 Å². The zero-order valence-corrected chi connectivity index (χ0v) is 10.6. The van der Waals surface area contributed by atoms with Crippen LogP contribution in [0.15, 0.2) is 24.3 Å². The smallest absolute Gasteiger partial charge is 0.251 e. The molecule has 1 unspecified atom stereocenters. The van der Waals surface area contributed by atoms with Crippen molar-refractivity contribution in [1.29, 1.82) is 0 Å². The summed E-state index contributed by atoms with van der Waals surface area (Å²) >= 11 is 0. The molecule has 1 aromatic carbocycles. The average Bonchev–Trinajstić information content (AvgIpc) is 2.66. The number of aromatic amines is 1. The zero-order chi connectivity index (χ0) is 13.1. The second-order valence-corrected chi connectivity index (χ2v) is 4.32. The fourth-order valence-electron chi connectivity index (χ4n) is 2.13. The number of nitrogens with one attached hydrogen (secondary N) is 3. The van der Waals surface area contributed by atoms with Gasteiger partial charge in [-0.2, -0.15) is 0 Å². The summed E-state index contributed by atoms with van der Waals surface area (Å²) < 4.78 is 0. The number of nitrogens with two attached hydrogens (primary N) is 1. The first-order chi connectivity index (χ1) is 8.63. The monoisotopic (exact) mass is 246 g/mol. The molecule has 0 spiro atoms. The molecule has 0 bridgehead atoms. The van der Waals surface area contributed by atoms with E-state index in [0.29, 0.717) is 6.42 Å². The molecule has 2 rings (SSSR count). The molecule has 2 aromatic rings. The van der Waals surface area contributed by atoms with Gasteiger partial charge in [-0.15, -0.1) is 0 Å². The van der Waals surface area contributed by atoms with Gasteiger partial charge in [0.1, 0.15) is 0 Å². The minimum atomic E-state index is -0.560. The predicted octanol–water partition coefficient (Wildman–Crippen LogP) is 0.597. The van der Waals surface area contributed by atoms with Crippen LogP contribution in [0.2, 0.25) is 0 Å². The number of aryl methyl sites for hydroxylation is 1. The van der Waals surface area contributed by atoms with E-state index >= 15 is 0 Å². The second-order valence-electron chi connectivity index (χ2n) is 4.32. The molecule has 0 aliphatic rings. The van der Waals surface area contributed by atoms with Gasteiger partial charge in [0.25, 0.3) is 5.91 Å². The maximum Gasteiger partial charge on any atom is 0.251 e. The van der Waals surface area contributed by atoms with Gasteiger partial charge in [-0.25, -0.2) is 5.43 Å². The van der Waals surface area contributed by atoms with Crippen LogP contribution in [-0.2, 0) is 11.2 Å². The minimum Gasteiger partial charge on any atom is -0.358 e. The highest BCUT2D eigenvalue weighted by atomic mass is 16.2. The molecule has 5 nitrogen and oxygen atoms in total. The van der Waals surface area contributed by atoms with Gasteiger partial charge in [0, 0.05) is 23.6 Å². The summed E-state index contributed by atoms with van der Waals surface area (Å²) in [5, 5.41) is 1.13. The molecule has 1 amide bonds. The summed E-state index contributed by atoms with van der Waals surface area (Å²) in [5.41, 5.74) is 14.2. The largest absolute Gasteiger partial charge is 0.358 e. The number of amides is 1. The Morgan fingerprint density at radius 3 is 2.89 bits per heavy atom. The number of fused-ring (bicyclic) bond motifs is 1. The molecule has 0 radical (unpaired) electrons. The number of aromatic nitrogens is 1. The van der Waals surface area contributed by atoms with Crippen LogP contribution in [0.1, 0.15) is 11.3 Å². The Morgan fingerprint density at radius 2 is 2.17 bits per heavy atom. The first-order valence-electron chi connectivity index (χ1n) is 5.92. The summed E-state index contributed by atoms with van der Waals surface area (Å²) in [7, 11) is 1.64. The Hall–Kier alpha value is -1.85. The van der Waals surface area contributed by atoms with Gasteiger partial charge in [0.15, 0.2) is 0 Å². The molecule has 5 heteroatoms. The van der Waals surface area contributed by atoms with Crippen LogP contribution in [0.25, 0.3) is 10.9 Å². The fraction of sp³-hybridized carbons (Fsp3) is 0.308. The van der Waals surface area contributed by atoms with Crippen LogP contribution in [0.4, 0.5) is 0 Å². The van der Waals surface area contributed by atoms with Crippen molar-refractivity contribution in [2.45, 2.75) is 19.4 Å². The third kappa shape index (κ3) is 2.37. The summed E-state index contributed by atoms with van der Waals surface area (Å²) in [5.74, 6) is -0.206. The molecule has 18 heavy (non-hydrogen) atoms. The van der Waals surface area contributed by atoms with Gasteiger partial charge in [-0.05, 0) is 25.0 Å². The van der Waals surface area contributed by atoms with Crippen LogP contribution >= 0.6 is 0 Å². The van der Waals surface area contributed by atoms with Gasteiger partial charge in [-0.1, -0.05) is 18.2 Å². The summed E-state index contributed by atoms with van der Waals surface area (Å²) in [6.45, 7) is 2.00. The number of H-pyrrole nitrogens is 1. The number of hydrazine groups is 1. The number of rotatable bonds is 4. The zero-order valence-electron chi connectivity index (χ0n) is 10.6. The Morgan fingerprint density at radius 1 is 1.44 bits per heavy atom. The van der Waals surface area contributed by atoms with Crippen molar-refractivity contribution in [3.8, 4) is 0 Å². The summed E-state index contributed by atoms with van der Waals surface area (Å²) in [6.07, 6.45) is 0.517. The van der Waals surface area contributed by atoms with Crippen LogP contribution in [0.3, 0.4) is 0 Å². The van der Waals surface area contributed by atoms with Crippen LogP contribution in [0.5, 0.6) is 0 Å². The molecule has 1 atom stereocenters. The molecule has 0 saturated carbocycles. The second kappa shape index (κ2) is 5.20. The lowest BCUT2D eigenvalue weighted by Crippen LogP contribution is -2.46. The first kappa shape index (κ1) is 12.6. The topological polar surface area (TPSA) is 82.9 Å². The highest BCUT2D eigenvalue weighted by molar-refractivity contribution is 5.86. The van der Waals surface area contributed by atoms with Crippen molar-refractivity contribution in [1.82, 2.24) is 15.8 Å². The number of hydrogen-bond acceptors (Lipinski definition) is 3. The van der Waals surface area contributed by atoms with Crippen LogP contribution < -0.4 is 16.6 Å². The lowest BCUT2D eigenvalue weighted by atomic mass is 10.0. The number of para-hydroxylation sites is 1. The van der Waals surface area contributed by atoms with Crippen molar-refractivity contribution in [3.63, 3.8) is 0 Å². The van der Waals surface area contributed by atoms with Crippen molar-refractivity contribution in [3.05, 3.63) is 35.5 Å².